The summed E-state index contributed by atoms with van der Waals surface area (Å²) in [5.74, 6) is -0.106. The molecule has 0 aromatic carbocycles. The first-order chi connectivity index (χ1) is 11.7. The summed E-state index contributed by atoms with van der Waals surface area (Å²) >= 11 is 0. The van der Waals surface area contributed by atoms with Gasteiger partial charge in [0.1, 0.15) is 0 Å². The molecule has 24 heavy (non-hydrogen) atoms. The molecule has 0 radical (unpaired) electrons. The van der Waals surface area contributed by atoms with Gasteiger partial charge in [-0.1, -0.05) is 96.8 Å². The molecule has 3 heteroatoms. The number of carbonyl (C=O) groups is 1. The molecule has 0 aliphatic rings. The molecule has 3 nitrogen and oxygen atoms in total. The van der Waals surface area contributed by atoms with Crippen LogP contribution in [0.5, 0.6) is 0 Å². The molecule has 0 aliphatic heterocycles. The third-order valence-corrected chi connectivity index (χ3v) is 4.46. The quantitative estimate of drug-likeness (QED) is 0.227. The third kappa shape index (κ3) is 19.5. The lowest BCUT2D eigenvalue weighted by Crippen LogP contribution is -2.23. The van der Waals surface area contributed by atoms with Crippen LogP contribution in [0.3, 0.4) is 0 Å². The summed E-state index contributed by atoms with van der Waals surface area (Å²) < 4.78 is 5.19. The molecule has 0 bridgehead atoms. The summed E-state index contributed by atoms with van der Waals surface area (Å²) in [4.78, 5) is 13.2. The van der Waals surface area contributed by atoms with Crippen LogP contribution < -0.4 is 0 Å². The molecular formula is C21H43NO2. The van der Waals surface area contributed by atoms with Crippen molar-refractivity contribution in [2.24, 2.45) is 0 Å². The van der Waals surface area contributed by atoms with E-state index >= 15 is 0 Å². The summed E-state index contributed by atoms with van der Waals surface area (Å²) in [5.41, 5.74) is 0. The second-order valence-corrected chi connectivity index (χ2v) is 7.41. The minimum absolute atomic E-state index is 0.106. The Morgan fingerprint density at radius 2 is 1.04 bits per heavy atom. The highest BCUT2D eigenvalue weighted by Gasteiger charge is 2.03. The number of hydrogen-bond acceptors (Lipinski definition) is 3. The lowest BCUT2D eigenvalue weighted by molar-refractivity contribution is -0.144. The van der Waals surface area contributed by atoms with Gasteiger partial charge < -0.3 is 4.74 Å². The van der Waals surface area contributed by atoms with Crippen LogP contribution in [0.25, 0.3) is 0 Å². The molecule has 144 valence electrons. The van der Waals surface area contributed by atoms with Crippen molar-refractivity contribution in [1.29, 1.82) is 0 Å². The predicted octanol–water partition coefficient (Wildman–Crippen LogP) is 5.96. The smallest absolute Gasteiger partial charge is 0.320 e. The van der Waals surface area contributed by atoms with E-state index in [4.69, 9.17) is 4.74 Å². The number of ether oxygens (including phenoxy) is 1. The van der Waals surface area contributed by atoms with Crippen molar-refractivity contribution in [3.05, 3.63) is 0 Å². The van der Waals surface area contributed by atoms with Crippen molar-refractivity contribution in [2.75, 3.05) is 27.2 Å². The number of hydrogen-bond donors (Lipinski definition) is 0. The van der Waals surface area contributed by atoms with E-state index < -0.39 is 0 Å². The standard InChI is InChI=1S/C21H43NO2/c1-4-5-6-7-8-9-10-11-12-13-14-15-16-17-18-19-24-21(23)20-22(2)3/h4-20H2,1-3H3. The van der Waals surface area contributed by atoms with Crippen molar-refractivity contribution in [3.8, 4) is 0 Å². The second-order valence-electron chi connectivity index (χ2n) is 7.41. The van der Waals surface area contributed by atoms with Crippen LogP contribution >= 0.6 is 0 Å². The maximum atomic E-state index is 11.3. The summed E-state index contributed by atoms with van der Waals surface area (Å²) in [6.45, 7) is 3.25. The number of unbranched alkanes of at least 4 members (excludes halogenated alkanes) is 14. The average molecular weight is 342 g/mol. The molecule has 0 atom stereocenters. The molecule has 0 fully saturated rings. The van der Waals surface area contributed by atoms with Crippen molar-refractivity contribution in [3.63, 3.8) is 0 Å². The van der Waals surface area contributed by atoms with E-state index in [0.717, 1.165) is 6.42 Å². The second kappa shape index (κ2) is 18.8. The molecule has 0 aromatic rings. The summed E-state index contributed by atoms with van der Waals surface area (Å²) in [5, 5.41) is 0. The maximum Gasteiger partial charge on any atom is 0.320 e. The zero-order chi connectivity index (χ0) is 17.9. The van der Waals surface area contributed by atoms with Crippen LogP contribution in [-0.4, -0.2) is 38.1 Å². The molecule has 0 saturated heterocycles. The summed E-state index contributed by atoms with van der Waals surface area (Å²) in [7, 11) is 3.77. The van der Waals surface area contributed by atoms with Crippen LogP contribution in [0.4, 0.5) is 0 Å². The minimum atomic E-state index is -0.106. The molecular weight excluding hydrogens is 298 g/mol. The minimum Gasteiger partial charge on any atom is -0.465 e. The first kappa shape index (κ1) is 23.4. The fourth-order valence-corrected chi connectivity index (χ4v) is 2.96. The number of carbonyl (C=O) groups excluding carboxylic acids is 1. The first-order valence-corrected chi connectivity index (χ1v) is 10.5. The van der Waals surface area contributed by atoms with Crippen molar-refractivity contribution < 1.29 is 9.53 Å². The summed E-state index contributed by atoms with van der Waals surface area (Å²) in [6.07, 6.45) is 20.4. The number of rotatable bonds is 18. The first-order valence-electron chi connectivity index (χ1n) is 10.5. The third-order valence-electron chi connectivity index (χ3n) is 4.46. The average Bonchev–Trinajstić information content (AvgIpc) is 2.53. The van der Waals surface area contributed by atoms with E-state index in [0.29, 0.717) is 13.2 Å². The number of nitrogens with zero attached hydrogens (tertiary/aromatic N) is 1. The Morgan fingerprint density at radius 1 is 0.667 bits per heavy atom. The highest BCUT2D eigenvalue weighted by Crippen LogP contribution is 2.13. The van der Waals surface area contributed by atoms with Gasteiger partial charge in [-0.15, -0.1) is 0 Å². The van der Waals surface area contributed by atoms with Gasteiger partial charge in [0.15, 0.2) is 0 Å². The van der Waals surface area contributed by atoms with E-state index in [1.165, 1.54) is 89.9 Å². The van der Waals surface area contributed by atoms with Gasteiger partial charge >= 0.3 is 5.97 Å². The molecule has 0 heterocycles. The van der Waals surface area contributed by atoms with Crippen LogP contribution in [0, 0.1) is 0 Å². The van der Waals surface area contributed by atoms with Crippen LogP contribution in [0.15, 0.2) is 0 Å². The van der Waals surface area contributed by atoms with Gasteiger partial charge in [0, 0.05) is 0 Å². The van der Waals surface area contributed by atoms with E-state index in [1.54, 1.807) is 0 Å². The van der Waals surface area contributed by atoms with Crippen molar-refractivity contribution in [1.82, 2.24) is 4.90 Å². The largest absolute Gasteiger partial charge is 0.465 e. The van der Waals surface area contributed by atoms with Crippen molar-refractivity contribution in [2.45, 2.75) is 103 Å². The predicted molar refractivity (Wildman–Crippen MR) is 104 cm³/mol. The normalized spacial score (nSPS) is 11.2. The van der Waals surface area contributed by atoms with Crippen molar-refractivity contribution >= 4 is 5.97 Å². The Morgan fingerprint density at radius 3 is 1.42 bits per heavy atom. The van der Waals surface area contributed by atoms with Gasteiger partial charge in [-0.25, -0.2) is 0 Å². The zero-order valence-corrected chi connectivity index (χ0v) is 16.8. The molecule has 0 unspecified atom stereocenters. The van der Waals surface area contributed by atoms with E-state index in [-0.39, 0.29) is 5.97 Å². The number of likely N-dealkylation sites (N-methyl/N-ethyl adjacent to an activating group) is 1. The van der Waals surface area contributed by atoms with Gasteiger partial charge in [0.2, 0.25) is 0 Å². The lowest BCUT2D eigenvalue weighted by atomic mass is 10.0. The van der Waals surface area contributed by atoms with E-state index in [9.17, 15) is 4.79 Å². The highest BCUT2D eigenvalue weighted by molar-refractivity contribution is 5.71. The van der Waals surface area contributed by atoms with Crippen LogP contribution in [-0.2, 0) is 9.53 Å². The SMILES string of the molecule is CCCCCCCCCCCCCCCCCOC(=O)CN(C)C. The molecule has 0 rings (SSSR count). The molecule has 0 aliphatic carbocycles. The highest BCUT2D eigenvalue weighted by atomic mass is 16.5. The lowest BCUT2D eigenvalue weighted by Gasteiger charge is -2.09. The maximum absolute atomic E-state index is 11.3. The topological polar surface area (TPSA) is 29.5 Å². The van der Waals surface area contributed by atoms with E-state index in [2.05, 4.69) is 6.92 Å². The van der Waals surface area contributed by atoms with Gasteiger partial charge in [-0.2, -0.15) is 0 Å². The molecule has 0 aromatic heterocycles. The monoisotopic (exact) mass is 341 g/mol. The number of esters is 1. The van der Waals surface area contributed by atoms with Crippen LogP contribution in [0.2, 0.25) is 0 Å². The Labute approximate surface area is 151 Å². The summed E-state index contributed by atoms with van der Waals surface area (Å²) in [6, 6.07) is 0. The van der Waals surface area contributed by atoms with Gasteiger partial charge in [0.25, 0.3) is 0 Å². The molecule has 0 saturated carbocycles. The Kier molecular flexibility index (Phi) is 18.3. The Balaban J connectivity index is 3.06. The van der Waals surface area contributed by atoms with Gasteiger partial charge in [-0.3, -0.25) is 9.69 Å². The van der Waals surface area contributed by atoms with Crippen LogP contribution in [0.1, 0.15) is 103 Å². The van der Waals surface area contributed by atoms with Gasteiger partial charge in [-0.05, 0) is 20.5 Å². The Bertz CT molecular complexity index is 267. The Hall–Kier alpha value is -0.570. The molecule has 0 N–H and O–H groups in total. The molecule has 0 spiro atoms. The zero-order valence-electron chi connectivity index (χ0n) is 16.8. The van der Waals surface area contributed by atoms with Gasteiger partial charge in [0.05, 0.1) is 13.2 Å². The molecule has 0 amide bonds. The van der Waals surface area contributed by atoms with E-state index in [1.807, 2.05) is 19.0 Å². The fourth-order valence-electron chi connectivity index (χ4n) is 2.96. The fraction of sp³-hybridized carbons (Fsp3) is 0.952.